The highest BCUT2D eigenvalue weighted by molar-refractivity contribution is 8.14. The van der Waals surface area contributed by atoms with Gasteiger partial charge in [-0.05, 0) is 92.2 Å². The fraction of sp³-hybridized carbons (Fsp3) is 0.0667. The van der Waals surface area contributed by atoms with Gasteiger partial charge in [0.05, 0.1) is 0 Å². The molecule has 0 aliphatic carbocycles. The van der Waals surface area contributed by atoms with Gasteiger partial charge >= 0.3 is 0 Å². The van der Waals surface area contributed by atoms with Gasteiger partial charge in [0, 0.05) is 0 Å². The van der Waals surface area contributed by atoms with Crippen molar-refractivity contribution in [3.8, 4) is 0 Å². The van der Waals surface area contributed by atoms with Crippen LogP contribution in [0.2, 0.25) is 0 Å². The van der Waals surface area contributed by atoms with Crippen LogP contribution in [-0.4, -0.2) is 12.3 Å². The van der Waals surface area contributed by atoms with Crippen LogP contribution in [0.3, 0.4) is 0 Å². The van der Waals surface area contributed by atoms with Crippen molar-refractivity contribution in [1.29, 1.82) is 0 Å². The molecule has 0 heterocycles. The van der Waals surface area contributed by atoms with Crippen molar-refractivity contribution in [3.63, 3.8) is 0 Å². The highest BCUT2D eigenvalue weighted by atomic mass is 35.7. The van der Waals surface area contributed by atoms with E-state index in [2.05, 4.69) is 194 Å². The summed E-state index contributed by atoms with van der Waals surface area (Å²) in [5.74, 6) is 0. The Kier molecular flexibility index (Phi) is 13.0. The molecule has 0 nitrogen and oxygen atoms in total. The van der Waals surface area contributed by atoms with Crippen molar-refractivity contribution in [1.82, 2.24) is 0 Å². The number of hydrogen-bond acceptors (Lipinski definition) is 0. The number of hydrogen-bond donors (Lipinski definition) is 0. The standard InChI is InChI=1S/C27H26P2.C18H15ClP/c1-5-14-24(15-6-1)28(25-16-7-2-8-17-25)22-13-23-29(26-18-9-3-10-19-26)27-20-11-4-12-21-27;19-20(16-10-4-1-5-11-16,17-12-6-2-7-13-17)18-14-8-3-9-15-18/h1-12,14-21H,13,22-23H2;1-15H/q;+1. The lowest BCUT2D eigenvalue weighted by Gasteiger charge is -2.22. The van der Waals surface area contributed by atoms with Crippen LogP contribution in [0.15, 0.2) is 212 Å². The van der Waals surface area contributed by atoms with Crippen molar-refractivity contribution in [2.45, 2.75) is 6.42 Å². The highest BCUT2D eigenvalue weighted by Crippen LogP contribution is 2.60. The first-order valence-corrected chi connectivity index (χ1v) is 22.5. The average Bonchev–Trinajstić information content (AvgIpc) is 3.20. The topological polar surface area (TPSA) is 0 Å². The summed E-state index contributed by atoms with van der Waals surface area (Å²) in [7, 11) is -0.618. The van der Waals surface area contributed by atoms with Gasteiger partial charge < -0.3 is 0 Å². The molecule has 0 aliphatic heterocycles. The van der Waals surface area contributed by atoms with Gasteiger partial charge in [-0.1, -0.05) is 176 Å². The van der Waals surface area contributed by atoms with E-state index in [-0.39, 0.29) is 15.8 Å². The number of benzene rings is 7. The van der Waals surface area contributed by atoms with Crippen LogP contribution in [0.4, 0.5) is 0 Å². The Labute approximate surface area is 300 Å². The summed E-state index contributed by atoms with van der Waals surface area (Å²) in [5, 5.41) is 9.52. The molecule has 4 heteroatoms. The quantitative estimate of drug-likeness (QED) is 0.117. The Morgan fingerprint density at radius 1 is 0.306 bits per heavy atom. The molecule has 0 fully saturated rings. The first-order chi connectivity index (χ1) is 24.2. The fourth-order valence-electron chi connectivity index (χ4n) is 5.98. The van der Waals surface area contributed by atoms with E-state index in [1.54, 1.807) is 0 Å². The third kappa shape index (κ3) is 9.22. The SMILES string of the molecule is Cl[P+](c1ccccc1)(c1ccccc1)c1ccccc1.c1ccc(P(CCCP(c2ccccc2)c2ccccc2)c2ccccc2)cc1. The summed E-state index contributed by atoms with van der Waals surface area (Å²) in [4.78, 5) is 0. The van der Waals surface area contributed by atoms with Crippen LogP contribution in [0.25, 0.3) is 0 Å². The minimum absolute atomic E-state index is 0.309. The molecule has 7 rings (SSSR count). The van der Waals surface area contributed by atoms with Gasteiger partial charge in [-0.25, -0.2) is 0 Å². The van der Waals surface area contributed by atoms with Crippen molar-refractivity contribution in [2.24, 2.45) is 0 Å². The summed E-state index contributed by atoms with van der Waals surface area (Å²) < 4.78 is 0. The van der Waals surface area contributed by atoms with Crippen LogP contribution in [0, 0.1) is 0 Å². The molecule has 7 aromatic rings. The Bertz CT molecular complexity index is 1670. The molecular formula is C45H41ClP3+. The molecule has 0 aliphatic rings. The second kappa shape index (κ2) is 18.2. The van der Waals surface area contributed by atoms with Crippen molar-refractivity contribution < 1.29 is 0 Å². The van der Waals surface area contributed by atoms with E-state index < -0.39 is 6.62 Å². The van der Waals surface area contributed by atoms with Crippen LogP contribution < -0.4 is 37.1 Å². The molecule has 0 aromatic heterocycles. The van der Waals surface area contributed by atoms with Crippen LogP contribution in [-0.2, 0) is 0 Å². The maximum Gasteiger partial charge on any atom is 0.210 e. The van der Waals surface area contributed by atoms with E-state index >= 15 is 0 Å². The highest BCUT2D eigenvalue weighted by Gasteiger charge is 2.44. The second-order valence-electron chi connectivity index (χ2n) is 11.6. The second-order valence-corrected chi connectivity index (χ2v) is 20.5. The van der Waals surface area contributed by atoms with Crippen molar-refractivity contribution in [2.75, 3.05) is 12.3 Å². The van der Waals surface area contributed by atoms with Gasteiger partial charge in [0.15, 0.2) is 0 Å². The molecule has 0 saturated carbocycles. The van der Waals surface area contributed by atoms with E-state index in [1.807, 2.05) is 18.2 Å². The number of halogens is 1. The zero-order chi connectivity index (χ0) is 33.6. The van der Waals surface area contributed by atoms with Gasteiger partial charge in [0.1, 0.15) is 27.2 Å². The molecule has 0 unspecified atom stereocenters. The van der Waals surface area contributed by atoms with Crippen LogP contribution in [0.5, 0.6) is 0 Å². The van der Waals surface area contributed by atoms with Gasteiger partial charge in [-0.15, -0.1) is 0 Å². The van der Waals surface area contributed by atoms with E-state index in [0.29, 0.717) is 0 Å². The molecule has 0 saturated heterocycles. The maximum atomic E-state index is 7.23. The molecule has 0 bridgehead atoms. The Balaban J connectivity index is 0.000000182. The van der Waals surface area contributed by atoms with E-state index in [4.69, 9.17) is 11.2 Å². The van der Waals surface area contributed by atoms with Gasteiger partial charge in [-0.3, -0.25) is 0 Å². The average molecular weight is 710 g/mol. The number of rotatable bonds is 11. The fourth-order valence-corrected chi connectivity index (χ4v) is 14.6. The summed E-state index contributed by atoms with van der Waals surface area (Å²) in [6.07, 6.45) is 3.72. The molecule has 0 atom stereocenters. The molecule has 242 valence electrons. The first kappa shape index (κ1) is 35.0. The Morgan fingerprint density at radius 2 is 0.510 bits per heavy atom. The Morgan fingerprint density at radius 3 is 0.735 bits per heavy atom. The molecule has 0 N–H and O–H groups in total. The zero-order valence-electron chi connectivity index (χ0n) is 27.5. The predicted molar refractivity (Wildman–Crippen MR) is 223 cm³/mol. The molecule has 0 spiro atoms. The third-order valence-corrected chi connectivity index (χ3v) is 18.4. The normalized spacial score (nSPS) is 11.2. The van der Waals surface area contributed by atoms with E-state index in [9.17, 15) is 0 Å². The molecule has 0 radical (unpaired) electrons. The lowest BCUT2D eigenvalue weighted by molar-refractivity contribution is 1.11. The molecule has 0 amide bonds. The van der Waals surface area contributed by atoms with Crippen LogP contribution >= 0.6 is 33.7 Å². The first-order valence-electron chi connectivity index (χ1n) is 16.7. The summed E-state index contributed by atoms with van der Waals surface area (Å²) in [6.45, 7) is -2.05. The lowest BCUT2D eigenvalue weighted by Crippen LogP contribution is -2.26. The minimum atomic E-state index is -2.05. The maximum absolute atomic E-state index is 7.23. The summed E-state index contributed by atoms with van der Waals surface area (Å²) in [6, 6.07) is 75.4. The van der Waals surface area contributed by atoms with E-state index in [1.165, 1.54) is 55.9 Å². The van der Waals surface area contributed by atoms with Gasteiger partial charge in [-0.2, -0.15) is 0 Å². The largest absolute Gasteiger partial charge is 0.210 e. The molecule has 49 heavy (non-hydrogen) atoms. The third-order valence-electron chi connectivity index (χ3n) is 8.37. The van der Waals surface area contributed by atoms with Gasteiger partial charge in [0.25, 0.3) is 0 Å². The zero-order valence-corrected chi connectivity index (χ0v) is 31.0. The van der Waals surface area contributed by atoms with Gasteiger partial charge in [0.2, 0.25) is 6.62 Å². The van der Waals surface area contributed by atoms with E-state index in [0.717, 1.165) is 0 Å². The smallest absolute Gasteiger partial charge is 0.0622 e. The molecular weight excluding hydrogens is 669 g/mol. The monoisotopic (exact) mass is 709 g/mol. The lowest BCUT2D eigenvalue weighted by atomic mass is 10.4. The minimum Gasteiger partial charge on any atom is -0.0622 e. The van der Waals surface area contributed by atoms with Crippen molar-refractivity contribution in [3.05, 3.63) is 212 Å². The Hall–Kier alpha value is -3.88. The summed E-state index contributed by atoms with van der Waals surface area (Å²) in [5.41, 5.74) is 0. The summed E-state index contributed by atoms with van der Waals surface area (Å²) >= 11 is 7.23. The predicted octanol–water partition coefficient (Wildman–Crippen LogP) is 9.78. The van der Waals surface area contributed by atoms with Crippen LogP contribution in [0.1, 0.15) is 6.42 Å². The molecule has 7 aromatic carbocycles. The van der Waals surface area contributed by atoms with Crippen molar-refractivity contribution >= 4 is 70.8 Å².